The molecule has 0 unspecified atom stereocenters. The molecule has 9 heteroatoms. The summed E-state index contributed by atoms with van der Waals surface area (Å²) in [6, 6.07) is 10.1. The average molecular weight is 451 g/mol. The molecule has 0 bridgehead atoms. The molecule has 2 aromatic carbocycles. The summed E-state index contributed by atoms with van der Waals surface area (Å²) in [6.45, 7) is 7.79. The maximum Gasteiger partial charge on any atom is 0.308 e. The van der Waals surface area contributed by atoms with E-state index in [-0.39, 0.29) is 28.5 Å². The highest BCUT2D eigenvalue weighted by Crippen LogP contribution is 2.29. The lowest BCUT2D eigenvalue weighted by atomic mass is 10.2. The van der Waals surface area contributed by atoms with Crippen LogP contribution in [0.15, 0.2) is 46.1 Å². The second-order valence-corrected chi connectivity index (χ2v) is 10.2. The molecule has 162 valence electrons. The molecule has 0 amide bonds. The quantitative estimate of drug-likeness (QED) is 0.562. The third kappa shape index (κ3) is 4.69. The van der Waals surface area contributed by atoms with Crippen LogP contribution in [0, 0.1) is 0 Å². The van der Waals surface area contributed by atoms with Crippen LogP contribution >= 0.6 is 11.3 Å². The molecule has 0 saturated heterocycles. The van der Waals surface area contributed by atoms with Crippen molar-refractivity contribution in [2.24, 2.45) is 0 Å². The van der Waals surface area contributed by atoms with Gasteiger partial charge < -0.3 is 9.47 Å². The summed E-state index contributed by atoms with van der Waals surface area (Å²) >= 11 is 1.05. The zero-order valence-corrected chi connectivity index (χ0v) is 19.3. The van der Waals surface area contributed by atoms with Crippen molar-refractivity contribution in [3.8, 4) is 11.5 Å². The van der Waals surface area contributed by atoms with Gasteiger partial charge in [0.2, 0.25) is 10.0 Å². The smallest absolute Gasteiger partial charge is 0.308 e. The number of sulfonamides is 1. The normalized spacial score (nSPS) is 12.1. The maximum absolute atomic E-state index is 12.8. The van der Waals surface area contributed by atoms with Gasteiger partial charge in [0.1, 0.15) is 0 Å². The first-order valence-corrected chi connectivity index (χ1v) is 11.9. The van der Waals surface area contributed by atoms with Crippen molar-refractivity contribution < 1.29 is 17.9 Å². The highest BCUT2D eigenvalue weighted by atomic mass is 32.2. The Morgan fingerprint density at radius 2 is 1.80 bits per heavy atom. The third-order valence-electron chi connectivity index (χ3n) is 4.47. The zero-order chi connectivity index (χ0) is 22.1. The number of methoxy groups -OCH3 is 1. The van der Waals surface area contributed by atoms with Crippen molar-refractivity contribution in [1.29, 1.82) is 0 Å². The Balaban J connectivity index is 1.82. The Morgan fingerprint density at radius 1 is 1.07 bits per heavy atom. The van der Waals surface area contributed by atoms with Crippen LogP contribution in [0.3, 0.4) is 0 Å². The Hall–Kier alpha value is -2.36. The van der Waals surface area contributed by atoms with Gasteiger partial charge in [0.25, 0.3) is 0 Å². The van der Waals surface area contributed by atoms with Crippen LogP contribution in [-0.4, -0.2) is 26.2 Å². The number of nitrogens with zero attached hydrogens (tertiary/aromatic N) is 1. The Kier molecular flexibility index (Phi) is 6.54. The maximum atomic E-state index is 12.8. The summed E-state index contributed by atoms with van der Waals surface area (Å²) in [4.78, 5) is 12.2. The minimum Gasteiger partial charge on any atom is -0.493 e. The number of benzene rings is 2. The summed E-state index contributed by atoms with van der Waals surface area (Å²) in [6.07, 6.45) is -0.000525. The lowest BCUT2D eigenvalue weighted by Crippen LogP contribution is -2.23. The number of rotatable bonds is 8. The fourth-order valence-electron chi connectivity index (χ4n) is 3.11. The van der Waals surface area contributed by atoms with E-state index in [4.69, 9.17) is 9.47 Å². The summed E-state index contributed by atoms with van der Waals surface area (Å²) in [5.74, 6) is 1.15. The molecular formula is C21H26N2O5S2. The number of aromatic nitrogens is 1. The Bertz CT molecular complexity index is 1210. The Morgan fingerprint density at radius 3 is 2.43 bits per heavy atom. The van der Waals surface area contributed by atoms with Crippen molar-refractivity contribution in [3.05, 3.63) is 51.6 Å². The van der Waals surface area contributed by atoms with Gasteiger partial charge in [0.15, 0.2) is 11.5 Å². The van der Waals surface area contributed by atoms with Gasteiger partial charge in [-0.1, -0.05) is 17.4 Å². The fourth-order valence-corrected chi connectivity index (χ4v) is 5.28. The van der Waals surface area contributed by atoms with Crippen molar-refractivity contribution in [2.45, 2.75) is 51.3 Å². The second-order valence-electron chi connectivity index (χ2n) is 7.44. The van der Waals surface area contributed by atoms with E-state index in [2.05, 4.69) is 4.72 Å². The first-order chi connectivity index (χ1) is 14.1. The average Bonchev–Trinajstić information content (AvgIpc) is 3.01. The molecule has 0 aliphatic rings. The van der Waals surface area contributed by atoms with Crippen molar-refractivity contribution >= 4 is 31.6 Å². The van der Waals surface area contributed by atoms with E-state index >= 15 is 0 Å². The number of fused-ring (bicyclic) bond motifs is 1. The fraction of sp³-hybridized carbons (Fsp3) is 0.381. The van der Waals surface area contributed by atoms with Gasteiger partial charge in [0, 0.05) is 12.6 Å². The van der Waals surface area contributed by atoms with Crippen molar-refractivity contribution in [3.63, 3.8) is 0 Å². The van der Waals surface area contributed by atoms with E-state index in [1.807, 2.05) is 27.7 Å². The molecule has 3 aromatic rings. The number of ether oxygens (including phenoxy) is 2. The molecule has 0 spiro atoms. The lowest BCUT2D eigenvalue weighted by molar-refractivity contribution is 0.230. The summed E-state index contributed by atoms with van der Waals surface area (Å²) < 4.78 is 41.5. The number of hydrogen-bond donors (Lipinski definition) is 1. The molecule has 0 atom stereocenters. The van der Waals surface area contributed by atoms with Gasteiger partial charge in [-0.15, -0.1) is 0 Å². The Labute approximate surface area is 180 Å². The number of hydrogen-bond acceptors (Lipinski definition) is 6. The molecular weight excluding hydrogens is 424 g/mol. The number of thiazole rings is 1. The minimum atomic E-state index is -3.75. The monoisotopic (exact) mass is 450 g/mol. The zero-order valence-electron chi connectivity index (χ0n) is 17.6. The molecule has 0 aliphatic heterocycles. The summed E-state index contributed by atoms with van der Waals surface area (Å²) in [7, 11) is -2.21. The molecule has 0 saturated carbocycles. The van der Waals surface area contributed by atoms with Gasteiger partial charge in [-0.05, 0) is 63.6 Å². The van der Waals surface area contributed by atoms with Crippen LogP contribution in [0.1, 0.15) is 39.3 Å². The molecule has 1 heterocycles. The SMILES string of the molecule is COc1cc(CNS(=O)(=O)c2ccc3c(c2)sc(=O)n3C(C)C)ccc1OC(C)C. The van der Waals surface area contributed by atoms with Crippen LogP contribution in [-0.2, 0) is 16.6 Å². The van der Waals surface area contributed by atoms with Gasteiger partial charge in [-0.2, -0.15) is 0 Å². The highest BCUT2D eigenvalue weighted by Gasteiger charge is 2.18. The van der Waals surface area contributed by atoms with E-state index in [0.717, 1.165) is 22.4 Å². The van der Waals surface area contributed by atoms with Crippen LogP contribution in [0.4, 0.5) is 0 Å². The van der Waals surface area contributed by atoms with Crippen LogP contribution in [0.2, 0.25) is 0 Å². The number of nitrogens with one attached hydrogen (secondary N) is 1. The van der Waals surface area contributed by atoms with E-state index in [0.29, 0.717) is 16.2 Å². The molecule has 3 rings (SSSR count). The van der Waals surface area contributed by atoms with Gasteiger partial charge in [0.05, 0.1) is 28.3 Å². The first kappa shape index (κ1) is 22.3. The highest BCUT2D eigenvalue weighted by molar-refractivity contribution is 7.89. The molecule has 30 heavy (non-hydrogen) atoms. The minimum absolute atomic E-state index is 0.000525. The third-order valence-corrected chi connectivity index (χ3v) is 6.79. The topological polar surface area (TPSA) is 86.6 Å². The van der Waals surface area contributed by atoms with E-state index < -0.39 is 10.0 Å². The van der Waals surface area contributed by atoms with Gasteiger partial charge in [-0.3, -0.25) is 9.36 Å². The van der Waals surface area contributed by atoms with Gasteiger partial charge >= 0.3 is 4.87 Å². The van der Waals surface area contributed by atoms with Crippen LogP contribution in [0.5, 0.6) is 11.5 Å². The molecule has 1 N–H and O–H groups in total. The summed E-state index contributed by atoms with van der Waals surface area (Å²) in [5, 5.41) is 0. The van der Waals surface area contributed by atoms with E-state index in [1.165, 1.54) is 6.07 Å². The van der Waals surface area contributed by atoms with Crippen LogP contribution in [0.25, 0.3) is 10.2 Å². The lowest BCUT2D eigenvalue weighted by Gasteiger charge is -2.15. The molecule has 0 aliphatic carbocycles. The van der Waals surface area contributed by atoms with Crippen molar-refractivity contribution in [2.75, 3.05) is 7.11 Å². The largest absolute Gasteiger partial charge is 0.493 e. The second kappa shape index (κ2) is 8.79. The molecule has 0 radical (unpaired) electrons. The molecule has 0 fully saturated rings. The predicted molar refractivity (Wildman–Crippen MR) is 119 cm³/mol. The molecule has 7 nitrogen and oxygen atoms in total. The van der Waals surface area contributed by atoms with Crippen molar-refractivity contribution in [1.82, 2.24) is 9.29 Å². The van der Waals surface area contributed by atoms with Gasteiger partial charge in [-0.25, -0.2) is 13.1 Å². The predicted octanol–water partition coefficient (Wildman–Crippen LogP) is 3.92. The van der Waals surface area contributed by atoms with Crippen LogP contribution < -0.4 is 19.1 Å². The van der Waals surface area contributed by atoms with E-state index in [1.54, 1.807) is 42.0 Å². The van der Waals surface area contributed by atoms with E-state index in [9.17, 15) is 13.2 Å². The standard InChI is InChI=1S/C21H26N2O5S2/c1-13(2)23-17-8-7-16(11-20(17)29-21(23)24)30(25,26)22-12-15-6-9-18(28-14(3)4)19(10-15)27-5/h6-11,13-14,22H,12H2,1-5H3. The first-order valence-electron chi connectivity index (χ1n) is 9.60. The summed E-state index contributed by atoms with van der Waals surface area (Å²) in [5.41, 5.74) is 1.48. The molecule has 1 aromatic heterocycles.